The van der Waals surface area contributed by atoms with Gasteiger partial charge in [0, 0.05) is 30.8 Å². The van der Waals surface area contributed by atoms with E-state index in [1.165, 1.54) is 22.3 Å². The summed E-state index contributed by atoms with van der Waals surface area (Å²) in [4.78, 5) is 12.1. The lowest BCUT2D eigenvalue weighted by Gasteiger charge is -2.24. The number of thioether (sulfide) groups is 1. The number of hydrogen-bond donors (Lipinski definition) is 0. The number of hydrogen-bond acceptors (Lipinski definition) is 6. The van der Waals surface area contributed by atoms with Crippen molar-refractivity contribution in [1.29, 1.82) is 0 Å². The highest BCUT2D eigenvalue weighted by molar-refractivity contribution is 7.99. The second-order valence-electron chi connectivity index (χ2n) is 6.04. The Kier molecular flexibility index (Phi) is 5.69. The fraction of sp³-hybridized carbons (Fsp3) is 0.412. The molecule has 0 aliphatic carbocycles. The number of esters is 1. The molecule has 0 saturated carbocycles. The molecule has 1 fully saturated rings. The normalized spacial score (nSPS) is 15.8. The van der Waals surface area contributed by atoms with Crippen LogP contribution in [0.4, 0.5) is 0 Å². The number of benzene rings is 1. The molecular formula is C17H21N3O4S2. The van der Waals surface area contributed by atoms with Crippen molar-refractivity contribution in [1.82, 2.24) is 14.1 Å². The van der Waals surface area contributed by atoms with E-state index in [9.17, 15) is 13.2 Å². The van der Waals surface area contributed by atoms with Gasteiger partial charge in [-0.15, -0.1) is 0 Å². The summed E-state index contributed by atoms with van der Waals surface area (Å²) in [6, 6.07) is 7.84. The van der Waals surface area contributed by atoms with E-state index >= 15 is 0 Å². The lowest BCUT2D eigenvalue weighted by Crippen LogP contribution is -2.38. The molecule has 1 aliphatic rings. The van der Waals surface area contributed by atoms with Crippen LogP contribution < -0.4 is 0 Å². The number of rotatable bonds is 5. The molecule has 1 saturated heterocycles. The van der Waals surface area contributed by atoms with Crippen LogP contribution in [0.5, 0.6) is 0 Å². The Morgan fingerprint density at radius 2 is 2.04 bits per heavy atom. The highest BCUT2D eigenvalue weighted by atomic mass is 32.2. The van der Waals surface area contributed by atoms with Crippen molar-refractivity contribution < 1.29 is 17.9 Å². The van der Waals surface area contributed by atoms with Gasteiger partial charge in [0.2, 0.25) is 5.03 Å². The standard InChI is InChI=1S/C17H21N3O4S2/c1-13-4-3-5-14(10-13)11-19-12-15(17(21)24-2)16(18-19)26(22,23)20-6-8-25-9-7-20/h3-5,10,12H,6-9,11H2,1-2H3. The minimum Gasteiger partial charge on any atom is -0.465 e. The van der Waals surface area contributed by atoms with Crippen LogP contribution in [0, 0.1) is 6.92 Å². The topological polar surface area (TPSA) is 81.5 Å². The van der Waals surface area contributed by atoms with Crippen molar-refractivity contribution in [2.75, 3.05) is 31.7 Å². The lowest BCUT2D eigenvalue weighted by atomic mass is 10.1. The van der Waals surface area contributed by atoms with E-state index in [2.05, 4.69) is 5.10 Å². The zero-order valence-electron chi connectivity index (χ0n) is 14.7. The predicted molar refractivity (Wildman–Crippen MR) is 99.9 cm³/mol. The first kappa shape index (κ1) is 18.9. The van der Waals surface area contributed by atoms with Crippen molar-refractivity contribution in [3.05, 3.63) is 47.2 Å². The zero-order valence-corrected chi connectivity index (χ0v) is 16.3. The van der Waals surface area contributed by atoms with Gasteiger partial charge in [0.1, 0.15) is 5.56 Å². The first-order chi connectivity index (χ1) is 12.4. The molecule has 1 aliphatic heterocycles. The Morgan fingerprint density at radius 3 is 2.69 bits per heavy atom. The van der Waals surface area contributed by atoms with Gasteiger partial charge in [-0.1, -0.05) is 29.8 Å². The number of aryl methyl sites for hydroxylation is 1. The summed E-state index contributed by atoms with van der Waals surface area (Å²) in [7, 11) is -2.61. The van der Waals surface area contributed by atoms with Crippen molar-refractivity contribution in [2.45, 2.75) is 18.5 Å². The van der Waals surface area contributed by atoms with Gasteiger partial charge in [-0.05, 0) is 12.5 Å². The molecule has 0 bridgehead atoms. The number of aromatic nitrogens is 2. The number of carbonyl (C=O) groups is 1. The average molecular weight is 396 g/mol. The Hall–Kier alpha value is -1.84. The maximum absolute atomic E-state index is 13.0. The quantitative estimate of drug-likeness (QED) is 0.718. The fourth-order valence-electron chi connectivity index (χ4n) is 2.83. The molecule has 0 unspecified atom stereocenters. The SMILES string of the molecule is COC(=O)c1cn(Cc2cccc(C)c2)nc1S(=O)(=O)N1CCSCC1. The Morgan fingerprint density at radius 1 is 1.31 bits per heavy atom. The summed E-state index contributed by atoms with van der Waals surface area (Å²) in [6.07, 6.45) is 1.44. The van der Waals surface area contributed by atoms with Gasteiger partial charge in [0.15, 0.2) is 0 Å². The second kappa shape index (κ2) is 7.81. The molecule has 1 aromatic carbocycles. The molecule has 7 nitrogen and oxygen atoms in total. The molecule has 2 aromatic rings. The molecule has 2 heterocycles. The van der Waals surface area contributed by atoms with E-state index in [0.29, 0.717) is 19.6 Å². The minimum atomic E-state index is -3.84. The summed E-state index contributed by atoms with van der Waals surface area (Å²) in [5, 5.41) is 4.00. The maximum Gasteiger partial charge on any atom is 0.342 e. The Balaban J connectivity index is 1.98. The van der Waals surface area contributed by atoms with Crippen molar-refractivity contribution in [3.63, 3.8) is 0 Å². The van der Waals surface area contributed by atoms with E-state index in [-0.39, 0.29) is 10.6 Å². The molecule has 26 heavy (non-hydrogen) atoms. The van der Waals surface area contributed by atoms with Crippen LogP contribution >= 0.6 is 11.8 Å². The van der Waals surface area contributed by atoms with E-state index < -0.39 is 16.0 Å². The number of sulfonamides is 1. The molecule has 0 amide bonds. The monoisotopic (exact) mass is 395 g/mol. The van der Waals surface area contributed by atoms with Gasteiger partial charge in [-0.2, -0.15) is 21.2 Å². The van der Waals surface area contributed by atoms with E-state index in [1.54, 1.807) is 11.8 Å². The van der Waals surface area contributed by atoms with Crippen LogP contribution in [0.25, 0.3) is 0 Å². The molecule has 1 aromatic heterocycles. The summed E-state index contributed by atoms with van der Waals surface area (Å²) in [6.45, 7) is 3.18. The van der Waals surface area contributed by atoms with Gasteiger partial charge in [-0.25, -0.2) is 13.2 Å². The first-order valence-electron chi connectivity index (χ1n) is 8.21. The van der Waals surface area contributed by atoms with Gasteiger partial charge in [-0.3, -0.25) is 4.68 Å². The van der Waals surface area contributed by atoms with Crippen LogP contribution in [-0.2, 0) is 21.3 Å². The average Bonchev–Trinajstić information content (AvgIpc) is 3.06. The molecule has 0 atom stereocenters. The van der Waals surface area contributed by atoms with Crippen LogP contribution in [-0.4, -0.2) is 60.2 Å². The van der Waals surface area contributed by atoms with Crippen LogP contribution in [0.3, 0.4) is 0 Å². The number of ether oxygens (including phenoxy) is 1. The lowest BCUT2D eigenvalue weighted by molar-refractivity contribution is 0.0596. The number of methoxy groups -OCH3 is 1. The first-order valence-corrected chi connectivity index (χ1v) is 10.8. The van der Waals surface area contributed by atoms with Crippen LogP contribution in [0.15, 0.2) is 35.5 Å². The van der Waals surface area contributed by atoms with Crippen LogP contribution in [0.2, 0.25) is 0 Å². The summed E-state index contributed by atoms with van der Waals surface area (Å²) >= 11 is 1.71. The third-order valence-corrected chi connectivity index (χ3v) is 6.89. The largest absolute Gasteiger partial charge is 0.465 e. The fourth-order valence-corrected chi connectivity index (χ4v) is 5.50. The summed E-state index contributed by atoms with van der Waals surface area (Å²) in [5.74, 6) is 0.763. The van der Waals surface area contributed by atoms with E-state index in [0.717, 1.165) is 22.6 Å². The number of nitrogens with zero attached hydrogens (tertiary/aromatic N) is 3. The maximum atomic E-state index is 13.0. The van der Waals surface area contributed by atoms with E-state index in [1.807, 2.05) is 31.2 Å². The highest BCUT2D eigenvalue weighted by Gasteiger charge is 2.34. The summed E-state index contributed by atoms with van der Waals surface area (Å²) in [5.41, 5.74) is 2.04. The van der Waals surface area contributed by atoms with Crippen LogP contribution in [0.1, 0.15) is 21.5 Å². The Labute approximate surface area is 157 Å². The third-order valence-electron chi connectivity index (χ3n) is 4.11. The molecule has 3 rings (SSSR count). The highest BCUT2D eigenvalue weighted by Crippen LogP contribution is 2.23. The molecule has 9 heteroatoms. The van der Waals surface area contributed by atoms with E-state index in [4.69, 9.17) is 4.74 Å². The molecule has 0 N–H and O–H groups in total. The molecule has 140 valence electrons. The van der Waals surface area contributed by atoms with Crippen molar-refractivity contribution in [2.24, 2.45) is 0 Å². The zero-order chi connectivity index (χ0) is 18.7. The Bertz CT molecular complexity index is 902. The van der Waals surface area contributed by atoms with Crippen molar-refractivity contribution >= 4 is 27.8 Å². The molecular weight excluding hydrogens is 374 g/mol. The smallest absolute Gasteiger partial charge is 0.342 e. The predicted octanol–water partition coefficient (Wildman–Crippen LogP) is 1.76. The third kappa shape index (κ3) is 3.94. The van der Waals surface area contributed by atoms with Gasteiger partial charge >= 0.3 is 5.97 Å². The second-order valence-corrected chi connectivity index (χ2v) is 9.12. The van der Waals surface area contributed by atoms with Gasteiger partial charge in [0.05, 0.1) is 13.7 Å². The summed E-state index contributed by atoms with van der Waals surface area (Å²) < 4.78 is 33.6. The number of carbonyl (C=O) groups excluding carboxylic acids is 1. The van der Waals surface area contributed by atoms with Gasteiger partial charge in [0.25, 0.3) is 10.0 Å². The van der Waals surface area contributed by atoms with Crippen molar-refractivity contribution in [3.8, 4) is 0 Å². The molecule has 0 spiro atoms. The molecule has 0 radical (unpaired) electrons. The van der Waals surface area contributed by atoms with Gasteiger partial charge < -0.3 is 4.74 Å². The minimum absolute atomic E-state index is 0.0293.